The molecule has 0 spiro atoms. The molecule has 2 aliphatic rings. The molecule has 0 aromatic heterocycles. The lowest BCUT2D eigenvalue weighted by Gasteiger charge is -2.29. The van der Waals surface area contributed by atoms with Crippen LogP contribution >= 0.6 is 27.5 Å². The van der Waals surface area contributed by atoms with Gasteiger partial charge in [-0.15, -0.1) is 0 Å². The van der Waals surface area contributed by atoms with E-state index in [0.29, 0.717) is 12.6 Å². The predicted molar refractivity (Wildman–Crippen MR) is 91.7 cm³/mol. The SMILES string of the molecule is NCC(c1ccc(Br)c(Cl)c1)N1CCC(N2CCCC2)C1. The van der Waals surface area contributed by atoms with Gasteiger partial charge in [-0.25, -0.2) is 0 Å². The Kier molecular flexibility index (Phi) is 5.23. The molecule has 116 valence electrons. The van der Waals surface area contributed by atoms with E-state index >= 15 is 0 Å². The molecule has 21 heavy (non-hydrogen) atoms. The van der Waals surface area contributed by atoms with Gasteiger partial charge in [0.05, 0.1) is 5.02 Å². The van der Waals surface area contributed by atoms with Gasteiger partial charge in [0.15, 0.2) is 0 Å². The van der Waals surface area contributed by atoms with Gasteiger partial charge in [-0.05, 0) is 66.0 Å². The van der Waals surface area contributed by atoms with Gasteiger partial charge in [0.25, 0.3) is 0 Å². The highest BCUT2D eigenvalue weighted by Gasteiger charge is 2.32. The van der Waals surface area contributed by atoms with E-state index in [9.17, 15) is 0 Å². The van der Waals surface area contributed by atoms with Crippen LogP contribution in [0.3, 0.4) is 0 Å². The van der Waals surface area contributed by atoms with Crippen LogP contribution in [0.2, 0.25) is 5.02 Å². The van der Waals surface area contributed by atoms with E-state index in [1.165, 1.54) is 37.9 Å². The van der Waals surface area contributed by atoms with Crippen molar-refractivity contribution in [2.45, 2.75) is 31.3 Å². The van der Waals surface area contributed by atoms with Crippen molar-refractivity contribution in [1.82, 2.24) is 9.80 Å². The minimum Gasteiger partial charge on any atom is -0.329 e. The average Bonchev–Trinajstić information content (AvgIpc) is 3.14. The molecule has 1 aromatic rings. The van der Waals surface area contributed by atoms with Crippen molar-refractivity contribution in [3.05, 3.63) is 33.3 Å². The first-order chi connectivity index (χ1) is 10.2. The summed E-state index contributed by atoms with van der Waals surface area (Å²) in [7, 11) is 0. The second-order valence-electron chi connectivity index (χ2n) is 6.11. The van der Waals surface area contributed by atoms with E-state index in [4.69, 9.17) is 17.3 Å². The van der Waals surface area contributed by atoms with Crippen molar-refractivity contribution in [3.8, 4) is 0 Å². The van der Waals surface area contributed by atoms with Crippen molar-refractivity contribution < 1.29 is 0 Å². The molecule has 1 aromatic carbocycles. The van der Waals surface area contributed by atoms with Crippen molar-refractivity contribution in [3.63, 3.8) is 0 Å². The van der Waals surface area contributed by atoms with Crippen LogP contribution in [0.25, 0.3) is 0 Å². The van der Waals surface area contributed by atoms with E-state index in [1.54, 1.807) is 0 Å². The maximum Gasteiger partial charge on any atom is 0.0551 e. The number of hydrogen-bond donors (Lipinski definition) is 1. The molecule has 0 bridgehead atoms. The maximum absolute atomic E-state index is 6.24. The first-order valence-corrected chi connectivity index (χ1v) is 8.99. The third-order valence-electron chi connectivity index (χ3n) is 4.84. The molecule has 2 fully saturated rings. The molecule has 5 heteroatoms. The zero-order chi connectivity index (χ0) is 14.8. The monoisotopic (exact) mass is 371 g/mol. The minimum absolute atomic E-state index is 0.281. The van der Waals surface area contributed by atoms with E-state index < -0.39 is 0 Å². The number of benzene rings is 1. The molecule has 2 heterocycles. The highest BCUT2D eigenvalue weighted by Crippen LogP contribution is 2.31. The zero-order valence-electron chi connectivity index (χ0n) is 12.3. The van der Waals surface area contributed by atoms with Crippen molar-refractivity contribution in [2.75, 3.05) is 32.7 Å². The second kappa shape index (κ2) is 6.97. The van der Waals surface area contributed by atoms with Crippen LogP contribution in [-0.2, 0) is 0 Å². The topological polar surface area (TPSA) is 32.5 Å². The standard InChI is InChI=1S/C16H23BrClN3/c17-14-4-3-12(9-15(14)18)16(10-19)21-8-5-13(11-21)20-6-1-2-7-20/h3-4,9,13,16H,1-2,5-8,10-11,19H2. The smallest absolute Gasteiger partial charge is 0.0551 e. The van der Waals surface area contributed by atoms with Gasteiger partial charge in [0.2, 0.25) is 0 Å². The molecule has 0 aliphatic carbocycles. The van der Waals surface area contributed by atoms with Crippen LogP contribution in [0.1, 0.15) is 30.9 Å². The first-order valence-electron chi connectivity index (χ1n) is 7.82. The van der Waals surface area contributed by atoms with E-state index in [2.05, 4.69) is 31.8 Å². The number of nitrogens with two attached hydrogens (primary N) is 1. The fourth-order valence-electron chi connectivity index (χ4n) is 3.67. The van der Waals surface area contributed by atoms with E-state index in [1.807, 2.05) is 12.1 Å². The van der Waals surface area contributed by atoms with E-state index in [0.717, 1.165) is 22.6 Å². The number of nitrogens with zero attached hydrogens (tertiary/aromatic N) is 2. The molecule has 3 nitrogen and oxygen atoms in total. The summed E-state index contributed by atoms with van der Waals surface area (Å²) in [6.45, 7) is 5.46. The molecule has 0 saturated carbocycles. The number of likely N-dealkylation sites (tertiary alicyclic amines) is 2. The van der Waals surface area contributed by atoms with Gasteiger partial charge in [-0.2, -0.15) is 0 Å². The quantitative estimate of drug-likeness (QED) is 0.880. The molecular formula is C16H23BrClN3. The van der Waals surface area contributed by atoms with Crippen molar-refractivity contribution in [1.29, 1.82) is 0 Å². The Bertz CT molecular complexity index is 490. The maximum atomic E-state index is 6.24. The van der Waals surface area contributed by atoms with Gasteiger partial charge in [-0.1, -0.05) is 17.7 Å². The molecule has 2 N–H and O–H groups in total. The fraction of sp³-hybridized carbons (Fsp3) is 0.625. The summed E-state index contributed by atoms with van der Waals surface area (Å²) in [5, 5.41) is 0.765. The minimum atomic E-state index is 0.281. The molecule has 0 radical (unpaired) electrons. The highest BCUT2D eigenvalue weighted by atomic mass is 79.9. The van der Waals surface area contributed by atoms with Gasteiger partial charge in [-0.3, -0.25) is 9.80 Å². The normalized spacial score (nSPS) is 25.6. The number of halogens is 2. The van der Waals surface area contributed by atoms with Crippen LogP contribution in [0.5, 0.6) is 0 Å². The van der Waals surface area contributed by atoms with Gasteiger partial charge in [0, 0.05) is 36.2 Å². The van der Waals surface area contributed by atoms with Crippen molar-refractivity contribution in [2.24, 2.45) is 5.73 Å². The summed E-state index contributed by atoms with van der Waals surface area (Å²) < 4.78 is 0.944. The summed E-state index contributed by atoms with van der Waals surface area (Å²) >= 11 is 9.69. The van der Waals surface area contributed by atoms with Gasteiger partial charge >= 0.3 is 0 Å². The molecule has 2 atom stereocenters. The predicted octanol–water partition coefficient (Wildman–Crippen LogP) is 3.27. The number of rotatable bonds is 4. The number of hydrogen-bond acceptors (Lipinski definition) is 3. The summed E-state index contributed by atoms with van der Waals surface area (Å²) in [5.74, 6) is 0. The Balaban J connectivity index is 1.70. The summed E-state index contributed by atoms with van der Waals surface area (Å²) in [4.78, 5) is 5.19. The van der Waals surface area contributed by atoms with Crippen LogP contribution < -0.4 is 5.73 Å². The Morgan fingerprint density at radius 2 is 2.05 bits per heavy atom. The Hall–Kier alpha value is -0.130. The third kappa shape index (κ3) is 3.45. The highest BCUT2D eigenvalue weighted by molar-refractivity contribution is 9.10. The fourth-order valence-corrected chi connectivity index (χ4v) is 4.11. The second-order valence-corrected chi connectivity index (χ2v) is 7.37. The Morgan fingerprint density at radius 3 is 2.71 bits per heavy atom. The molecule has 0 amide bonds. The molecule has 2 unspecified atom stereocenters. The molecule has 2 saturated heterocycles. The lowest BCUT2D eigenvalue weighted by atomic mass is 10.1. The third-order valence-corrected chi connectivity index (χ3v) is 6.08. The Labute approximate surface area is 140 Å². The average molecular weight is 373 g/mol. The van der Waals surface area contributed by atoms with E-state index in [-0.39, 0.29) is 6.04 Å². The summed E-state index contributed by atoms with van der Waals surface area (Å²) in [6, 6.07) is 7.20. The first kappa shape index (κ1) is 15.8. The zero-order valence-corrected chi connectivity index (χ0v) is 14.6. The molecular weight excluding hydrogens is 350 g/mol. The van der Waals surface area contributed by atoms with Crippen LogP contribution in [0, 0.1) is 0 Å². The summed E-state index contributed by atoms with van der Waals surface area (Å²) in [6.07, 6.45) is 3.99. The summed E-state index contributed by atoms with van der Waals surface area (Å²) in [5.41, 5.74) is 7.29. The van der Waals surface area contributed by atoms with Crippen LogP contribution in [0.15, 0.2) is 22.7 Å². The largest absolute Gasteiger partial charge is 0.329 e. The van der Waals surface area contributed by atoms with Gasteiger partial charge in [0.1, 0.15) is 0 Å². The Morgan fingerprint density at radius 1 is 1.29 bits per heavy atom. The molecule has 3 rings (SSSR count). The van der Waals surface area contributed by atoms with Gasteiger partial charge < -0.3 is 5.73 Å². The lowest BCUT2D eigenvalue weighted by molar-refractivity contribution is 0.203. The molecule has 2 aliphatic heterocycles. The van der Waals surface area contributed by atoms with Crippen LogP contribution in [0.4, 0.5) is 0 Å². The van der Waals surface area contributed by atoms with Crippen molar-refractivity contribution >= 4 is 27.5 Å². The van der Waals surface area contributed by atoms with Crippen LogP contribution in [-0.4, -0.2) is 48.6 Å². The lowest BCUT2D eigenvalue weighted by Crippen LogP contribution is -2.38.